The van der Waals surface area contributed by atoms with E-state index in [-0.39, 0.29) is 11.7 Å². The fourth-order valence-electron chi connectivity index (χ4n) is 2.24. The third kappa shape index (κ3) is 4.66. The van der Waals surface area contributed by atoms with Gasteiger partial charge in [-0.2, -0.15) is 0 Å². The van der Waals surface area contributed by atoms with Crippen LogP contribution in [0.4, 0.5) is 13.2 Å². The summed E-state index contributed by atoms with van der Waals surface area (Å²) in [6.45, 7) is 5.52. The fourth-order valence-corrected chi connectivity index (χ4v) is 2.24. The molecule has 0 aliphatic heterocycles. The van der Waals surface area contributed by atoms with Crippen LogP contribution in [0.5, 0.6) is 0 Å². The lowest BCUT2D eigenvalue weighted by Gasteiger charge is -2.31. The maximum atomic E-state index is 12.0. The second-order valence-corrected chi connectivity index (χ2v) is 5.65. The van der Waals surface area contributed by atoms with Crippen LogP contribution >= 0.6 is 0 Å². The van der Waals surface area contributed by atoms with Crippen molar-refractivity contribution in [3.63, 3.8) is 0 Å². The molecule has 0 aromatic carbocycles. The van der Waals surface area contributed by atoms with Gasteiger partial charge in [-0.3, -0.25) is 9.53 Å². The van der Waals surface area contributed by atoms with E-state index in [9.17, 15) is 18.0 Å². The number of rotatable bonds is 2. The summed E-state index contributed by atoms with van der Waals surface area (Å²) in [5, 5.41) is 0. The zero-order valence-corrected chi connectivity index (χ0v) is 10.4. The lowest BCUT2D eigenvalue weighted by Crippen LogP contribution is -2.34. The summed E-state index contributed by atoms with van der Waals surface area (Å²) in [5.74, 6) is 0.0334. The largest absolute Gasteiger partial charge is 0.522 e. The maximum Gasteiger partial charge on any atom is 0.522 e. The van der Waals surface area contributed by atoms with Crippen molar-refractivity contribution in [1.82, 2.24) is 0 Å². The molecule has 1 rings (SSSR count). The smallest absolute Gasteiger partial charge is 0.299 e. The predicted octanol–water partition coefficient (Wildman–Crippen LogP) is 3.70. The third-order valence-electron chi connectivity index (χ3n) is 3.08. The second-order valence-electron chi connectivity index (χ2n) is 5.65. The Kier molecular flexibility index (Phi) is 4.23. The molecule has 2 nitrogen and oxygen atoms in total. The molecule has 1 aliphatic carbocycles. The van der Waals surface area contributed by atoms with Crippen LogP contribution in [0.25, 0.3) is 0 Å². The Morgan fingerprint density at radius 1 is 1.06 bits per heavy atom. The lowest BCUT2D eigenvalue weighted by atomic mass is 9.76. The van der Waals surface area contributed by atoms with Gasteiger partial charge in [-0.15, -0.1) is 13.2 Å². The molecule has 1 aliphatic rings. The van der Waals surface area contributed by atoms with E-state index in [4.69, 9.17) is 0 Å². The summed E-state index contributed by atoms with van der Waals surface area (Å²) in [7, 11) is 0. The quantitative estimate of drug-likeness (QED) is 0.749. The highest BCUT2D eigenvalue weighted by Crippen LogP contribution is 2.34. The minimum atomic E-state index is -4.56. The third-order valence-corrected chi connectivity index (χ3v) is 3.08. The highest BCUT2D eigenvalue weighted by atomic mass is 19.4. The molecular formula is C12H19F3O2. The molecule has 0 unspecified atom stereocenters. The van der Waals surface area contributed by atoms with Gasteiger partial charge in [0, 0.05) is 11.3 Å². The summed E-state index contributed by atoms with van der Waals surface area (Å²) in [6.07, 6.45) is -3.73. The minimum Gasteiger partial charge on any atom is -0.299 e. The van der Waals surface area contributed by atoms with Crippen molar-refractivity contribution < 1.29 is 22.7 Å². The molecule has 0 aromatic rings. The average molecular weight is 252 g/mol. The zero-order valence-electron chi connectivity index (χ0n) is 10.4. The molecule has 0 N–H and O–H groups in total. The van der Waals surface area contributed by atoms with Gasteiger partial charge < -0.3 is 0 Å². The van der Waals surface area contributed by atoms with Crippen LogP contribution in [0.15, 0.2) is 0 Å². The van der Waals surface area contributed by atoms with E-state index < -0.39 is 17.9 Å². The first-order valence-electron chi connectivity index (χ1n) is 5.88. The van der Waals surface area contributed by atoms with Gasteiger partial charge >= 0.3 is 6.36 Å². The molecule has 0 heterocycles. The maximum absolute atomic E-state index is 12.0. The molecule has 5 heteroatoms. The van der Waals surface area contributed by atoms with Crippen molar-refractivity contribution in [1.29, 1.82) is 0 Å². The zero-order chi connectivity index (χ0) is 13.3. The van der Waals surface area contributed by atoms with Crippen molar-refractivity contribution in [3.05, 3.63) is 0 Å². The number of carbonyl (C=O) groups excluding carboxylic acids is 1. The van der Waals surface area contributed by atoms with E-state index in [1.807, 2.05) is 20.8 Å². The van der Waals surface area contributed by atoms with Crippen LogP contribution < -0.4 is 0 Å². The highest BCUT2D eigenvalue weighted by Gasteiger charge is 2.38. The Bertz CT molecular complexity index is 270. The number of ketones is 1. The number of Topliss-reactive ketones (excluding diaryl/α,β-unsaturated/α-hetero) is 1. The molecule has 0 saturated heterocycles. The summed E-state index contributed by atoms with van der Waals surface area (Å²) in [4.78, 5) is 11.9. The second kappa shape index (κ2) is 4.96. The van der Waals surface area contributed by atoms with Crippen LogP contribution in [-0.2, 0) is 9.53 Å². The Morgan fingerprint density at radius 2 is 1.53 bits per heavy atom. The van der Waals surface area contributed by atoms with Gasteiger partial charge in [-0.25, -0.2) is 0 Å². The van der Waals surface area contributed by atoms with E-state index in [0.29, 0.717) is 25.7 Å². The van der Waals surface area contributed by atoms with Crippen molar-refractivity contribution in [2.45, 2.75) is 58.9 Å². The predicted molar refractivity (Wildman–Crippen MR) is 57.3 cm³/mol. The molecule has 0 spiro atoms. The van der Waals surface area contributed by atoms with Crippen LogP contribution in [-0.4, -0.2) is 18.2 Å². The van der Waals surface area contributed by atoms with Crippen LogP contribution in [0, 0.1) is 11.3 Å². The lowest BCUT2D eigenvalue weighted by molar-refractivity contribution is -0.345. The Balaban J connectivity index is 2.44. The highest BCUT2D eigenvalue weighted by molar-refractivity contribution is 5.86. The van der Waals surface area contributed by atoms with Crippen molar-refractivity contribution in [2.24, 2.45) is 11.3 Å². The number of alkyl halides is 3. The fraction of sp³-hybridized carbons (Fsp3) is 0.917. The van der Waals surface area contributed by atoms with Gasteiger partial charge in [0.25, 0.3) is 0 Å². The van der Waals surface area contributed by atoms with Gasteiger partial charge in [0.05, 0.1) is 6.10 Å². The first kappa shape index (κ1) is 14.5. The first-order chi connectivity index (χ1) is 7.59. The van der Waals surface area contributed by atoms with Crippen LogP contribution in [0.2, 0.25) is 0 Å². The molecular weight excluding hydrogens is 233 g/mol. The van der Waals surface area contributed by atoms with E-state index in [2.05, 4.69) is 4.74 Å². The van der Waals surface area contributed by atoms with Gasteiger partial charge in [0.15, 0.2) is 0 Å². The topological polar surface area (TPSA) is 26.3 Å². The van der Waals surface area contributed by atoms with Crippen molar-refractivity contribution in [2.75, 3.05) is 0 Å². The Hall–Kier alpha value is -0.580. The van der Waals surface area contributed by atoms with Gasteiger partial charge in [-0.05, 0) is 25.7 Å². The van der Waals surface area contributed by atoms with E-state index in [1.54, 1.807) is 0 Å². The Morgan fingerprint density at radius 3 is 1.88 bits per heavy atom. The molecule has 1 saturated carbocycles. The summed E-state index contributed by atoms with van der Waals surface area (Å²) >= 11 is 0. The minimum absolute atomic E-state index is 0.108. The molecule has 17 heavy (non-hydrogen) atoms. The van der Waals surface area contributed by atoms with Gasteiger partial charge in [0.2, 0.25) is 0 Å². The first-order valence-corrected chi connectivity index (χ1v) is 5.88. The van der Waals surface area contributed by atoms with Crippen molar-refractivity contribution >= 4 is 5.78 Å². The summed E-state index contributed by atoms with van der Waals surface area (Å²) in [6, 6.07) is 0. The molecule has 1 fully saturated rings. The summed E-state index contributed by atoms with van der Waals surface area (Å²) in [5.41, 5.74) is -0.414. The van der Waals surface area contributed by atoms with E-state index in [1.165, 1.54) is 0 Å². The van der Waals surface area contributed by atoms with Gasteiger partial charge in [0.1, 0.15) is 5.78 Å². The average Bonchev–Trinajstić information content (AvgIpc) is 2.14. The number of hydrogen-bond acceptors (Lipinski definition) is 2. The molecule has 0 aromatic heterocycles. The van der Waals surface area contributed by atoms with E-state index >= 15 is 0 Å². The Labute approximate surface area is 99.5 Å². The molecule has 0 amide bonds. The SMILES string of the molecule is CC(C)(C)C(=O)C1CCC(OC(F)(F)F)CC1. The normalized spacial score (nSPS) is 26.9. The van der Waals surface area contributed by atoms with E-state index in [0.717, 1.165) is 0 Å². The number of carbonyl (C=O) groups is 1. The van der Waals surface area contributed by atoms with Gasteiger partial charge in [-0.1, -0.05) is 20.8 Å². The number of ether oxygens (including phenoxy) is 1. The molecule has 0 bridgehead atoms. The molecule has 0 radical (unpaired) electrons. The monoisotopic (exact) mass is 252 g/mol. The molecule has 100 valence electrons. The number of halogens is 3. The molecule has 0 atom stereocenters. The number of hydrogen-bond donors (Lipinski definition) is 0. The summed E-state index contributed by atoms with van der Waals surface area (Å²) < 4.78 is 40.0. The standard InChI is InChI=1S/C12H19F3O2/c1-11(2,3)10(16)8-4-6-9(7-5-8)17-12(13,14)15/h8-9H,4-7H2,1-3H3. The van der Waals surface area contributed by atoms with Crippen LogP contribution in [0.1, 0.15) is 46.5 Å². The van der Waals surface area contributed by atoms with Crippen molar-refractivity contribution in [3.8, 4) is 0 Å². The van der Waals surface area contributed by atoms with Crippen LogP contribution in [0.3, 0.4) is 0 Å².